The third kappa shape index (κ3) is 5.08. The molecule has 0 aliphatic rings. The van der Waals surface area contributed by atoms with Gasteiger partial charge in [-0.3, -0.25) is 4.79 Å². The Morgan fingerprint density at radius 2 is 1.59 bits per heavy atom. The quantitative estimate of drug-likeness (QED) is 0.605. The fourth-order valence-electron chi connectivity index (χ4n) is 3.01. The zero-order valence-corrected chi connectivity index (χ0v) is 17.1. The van der Waals surface area contributed by atoms with Crippen molar-refractivity contribution in [1.29, 1.82) is 0 Å². The molecule has 0 spiro atoms. The second kappa shape index (κ2) is 9.15. The van der Waals surface area contributed by atoms with Crippen LogP contribution in [0.4, 0.5) is 5.69 Å². The summed E-state index contributed by atoms with van der Waals surface area (Å²) >= 11 is 0. The van der Waals surface area contributed by atoms with E-state index in [2.05, 4.69) is 5.32 Å². The van der Waals surface area contributed by atoms with E-state index in [1.165, 1.54) is 0 Å². The molecule has 1 N–H and O–H groups in total. The van der Waals surface area contributed by atoms with Crippen LogP contribution in [-0.4, -0.2) is 20.1 Å². The lowest BCUT2D eigenvalue weighted by Crippen LogP contribution is -2.13. The first kappa shape index (κ1) is 20.3. The SMILES string of the molecule is COc1ccc(OCc2cc(C(=O)Nc3ccc(C)cc3C)ccc2OC)cc1. The van der Waals surface area contributed by atoms with Crippen molar-refractivity contribution in [2.75, 3.05) is 19.5 Å². The molecule has 0 saturated carbocycles. The summed E-state index contributed by atoms with van der Waals surface area (Å²) < 4.78 is 16.4. The second-order valence-electron chi connectivity index (χ2n) is 6.76. The number of ether oxygens (including phenoxy) is 3. The molecule has 0 fully saturated rings. The molecule has 0 unspecified atom stereocenters. The topological polar surface area (TPSA) is 56.8 Å². The number of anilines is 1. The molecule has 0 radical (unpaired) electrons. The molecule has 0 heterocycles. The monoisotopic (exact) mass is 391 g/mol. The summed E-state index contributed by atoms with van der Waals surface area (Å²) in [5.74, 6) is 1.96. The molecule has 0 bridgehead atoms. The van der Waals surface area contributed by atoms with Crippen molar-refractivity contribution in [3.05, 3.63) is 82.9 Å². The number of rotatable bonds is 7. The molecular weight excluding hydrogens is 366 g/mol. The van der Waals surface area contributed by atoms with Gasteiger partial charge in [-0.25, -0.2) is 0 Å². The summed E-state index contributed by atoms with van der Waals surface area (Å²) in [5, 5.41) is 2.97. The molecule has 29 heavy (non-hydrogen) atoms. The summed E-state index contributed by atoms with van der Waals surface area (Å²) in [5.41, 5.74) is 4.31. The second-order valence-corrected chi connectivity index (χ2v) is 6.76. The average molecular weight is 391 g/mol. The number of carbonyl (C=O) groups excluding carboxylic acids is 1. The molecular formula is C24H25NO4. The summed E-state index contributed by atoms with van der Waals surface area (Å²) in [6.45, 7) is 4.28. The number of hydrogen-bond donors (Lipinski definition) is 1. The van der Waals surface area contributed by atoms with Crippen LogP contribution in [0.25, 0.3) is 0 Å². The number of nitrogens with one attached hydrogen (secondary N) is 1. The Morgan fingerprint density at radius 3 is 2.24 bits per heavy atom. The minimum Gasteiger partial charge on any atom is -0.497 e. The van der Waals surface area contributed by atoms with E-state index in [0.717, 1.165) is 28.1 Å². The largest absolute Gasteiger partial charge is 0.497 e. The van der Waals surface area contributed by atoms with Crippen LogP contribution in [0.2, 0.25) is 0 Å². The molecule has 5 nitrogen and oxygen atoms in total. The Labute approximate surface area is 171 Å². The van der Waals surface area contributed by atoms with Gasteiger partial charge in [0.25, 0.3) is 5.91 Å². The molecule has 5 heteroatoms. The summed E-state index contributed by atoms with van der Waals surface area (Å²) in [6, 6.07) is 18.6. The number of methoxy groups -OCH3 is 2. The lowest BCUT2D eigenvalue weighted by atomic mass is 10.1. The maximum absolute atomic E-state index is 12.7. The van der Waals surface area contributed by atoms with Crippen LogP contribution in [0.1, 0.15) is 27.0 Å². The normalized spacial score (nSPS) is 10.3. The van der Waals surface area contributed by atoms with Crippen molar-refractivity contribution in [2.45, 2.75) is 20.5 Å². The minimum atomic E-state index is -0.176. The van der Waals surface area contributed by atoms with Crippen LogP contribution in [0.3, 0.4) is 0 Å². The van der Waals surface area contributed by atoms with E-state index in [9.17, 15) is 4.79 Å². The number of carbonyl (C=O) groups is 1. The van der Waals surface area contributed by atoms with E-state index in [-0.39, 0.29) is 12.5 Å². The maximum atomic E-state index is 12.7. The van der Waals surface area contributed by atoms with Crippen molar-refractivity contribution in [3.63, 3.8) is 0 Å². The fraction of sp³-hybridized carbons (Fsp3) is 0.208. The molecule has 0 saturated heterocycles. The van der Waals surface area contributed by atoms with Crippen LogP contribution in [0, 0.1) is 13.8 Å². The molecule has 1 amide bonds. The standard InChI is InChI=1S/C24H25NO4/c1-16-5-11-22(17(2)13-16)25-24(26)18-6-12-23(28-4)19(14-18)15-29-21-9-7-20(27-3)8-10-21/h5-14H,15H2,1-4H3,(H,25,26). The van der Waals surface area contributed by atoms with E-state index in [4.69, 9.17) is 14.2 Å². The highest BCUT2D eigenvalue weighted by molar-refractivity contribution is 6.04. The van der Waals surface area contributed by atoms with Crippen LogP contribution in [0.15, 0.2) is 60.7 Å². The third-order valence-electron chi connectivity index (χ3n) is 4.63. The van der Waals surface area contributed by atoms with Gasteiger partial charge in [-0.15, -0.1) is 0 Å². The smallest absolute Gasteiger partial charge is 0.255 e. The maximum Gasteiger partial charge on any atom is 0.255 e. The van der Waals surface area contributed by atoms with Gasteiger partial charge < -0.3 is 19.5 Å². The van der Waals surface area contributed by atoms with Gasteiger partial charge in [0.2, 0.25) is 0 Å². The van der Waals surface area contributed by atoms with Crippen LogP contribution in [0.5, 0.6) is 17.2 Å². The molecule has 150 valence electrons. The van der Waals surface area contributed by atoms with Gasteiger partial charge in [-0.1, -0.05) is 17.7 Å². The van der Waals surface area contributed by atoms with Crippen molar-refractivity contribution < 1.29 is 19.0 Å². The number of benzene rings is 3. The Balaban J connectivity index is 1.75. The highest BCUT2D eigenvalue weighted by Crippen LogP contribution is 2.24. The summed E-state index contributed by atoms with van der Waals surface area (Å²) in [4.78, 5) is 12.7. The third-order valence-corrected chi connectivity index (χ3v) is 4.63. The van der Waals surface area contributed by atoms with Gasteiger partial charge in [0.1, 0.15) is 23.9 Å². The van der Waals surface area contributed by atoms with Crippen molar-refractivity contribution in [1.82, 2.24) is 0 Å². The van der Waals surface area contributed by atoms with Crippen molar-refractivity contribution >= 4 is 11.6 Å². The number of aryl methyl sites for hydroxylation is 2. The van der Waals surface area contributed by atoms with Gasteiger partial charge >= 0.3 is 0 Å². The average Bonchev–Trinajstić information content (AvgIpc) is 2.74. The predicted molar refractivity (Wildman–Crippen MR) is 114 cm³/mol. The van der Waals surface area contributed by atoms with Gasteiger partial charge in [0.05, 0.1) is 14.2 Å². The van der Waals surface area contributed by atoms with E-state index < -0.39 is 0 Å². The zero-order valence-electron chi connectivity index (χ0n) is 17.1. The van der Waals surface area contributed by atoms with Crippen LogP contribution in [-0.2, 0) is 6.61 Å². The van der Waals surface area contributed by atoms with E-state index in [1.54, 1.807) is 32.4 Å². The molecule has 0 aromatic heterocycles. The lowest BCUT2D eigenvalue weighted by molar-refractivity contribution is 0.102. The first-order valence-electron chi connectivity index (χ1n) is 9.32. The summed E-state index contributed by atoms with van der Waals surface area (Å²) in [7, 11) is 3.22. The number of hydrogen-bond acceptors (Lipinski definition) is 4. The molecule has 0 atom stereocenters. The van der Waals surface area contributed by atoms with Crippen molar-refractivity contribution in [2.24, 2.45) is 0 Å². The number of amides is 1. The molecule has 3 aromatic rings. The molecule has 3 rings (SSSR count). The Morgan fingerprint density at radius 1 is 0.862 bits per heavy atom. The predicted octanol–water partition coefficient (Wildman–Crippen LogP) is 5.15. The van der Waals surface area contributed by atoms with Gasteiger partial charge in [0.15, 0.2) is 0 Å². The van der Waals surface area contributed by atoms with E-state index in [1.807, 2.05) is 56.3 Å². The Hall–Kier alpha value is -3.47. The first-order chi connectivity index (χ1) is 14.0. The first-order valence-corrected chi connectivity index (χ1v) is 9.32. The molecule has 3 aromatic carbocycles. The van der Waals surface area contributed by atoms with Gasteiger partial charge in [-0.05, 0) is 67.9 Å². The van der Waals surface area contributed by atoms with Crippen molar-refractivity contribution in [3.8, 4) is 17.2 Å². The molecule has 0 aliphatic heterocycles. The Bertz CT molecular complexity index is 996. The van der Waals surface area contributed by atoms with E-state index in [0.29, 0.717) is 17.1 Å². The lowest BCUT2D eigenvalue weighted by Gasteiger charge is -2.13. The van der Waals surface area contributed by atoms with Crippen LogP contribution >= 0.6 is 0 Å². The van der Waals surface area contributed by atoms with Gasteiger partial charge in [-0.2, -0.15) is 0 Å². The molecule has 0 aliphatic carbocycles. The zero-order chi connectivity index (χ0) is 20.8. The highest BCUT2D eigenvalue weighted by atomic mass is 16.5. The van der Waals surface area contributed by atoms with E-state index >= 15 is 0 Å². The highest BCUT2D eigenvalue weighted by Gasteiger charge is 2.12. The van der Waals surface area contributed by atoms with Crippen LogP contribution < -0.4 is 19.5 Å². The Kier molecular flexibility index (Phi) is 6.39. The van der Waals surface area contributed by atoms with Gasteiger partial charge in [0, 0.05) is 16.8 Å². The summed E-state index contributed by atoms with van der Waals surface area (Å²) in [6.07, 6.45) is 0. The minimum absolute atomic E-state index is 0.176. The fourth-order valence-corrected chi connectivity index (χ4v) is 3.01.